The summed E-state index contributed by atoms with van der Waals surface area (Å²) in [6.07, 6.45) is 3.76. The topological polar surface area (TPSA) is 76.8 Å². The fourth-order valence-corrected chi connectivity index (χ4v) is 2.74. The summed E-state index contributed by atoms with van der Waals surface area (Å²) in [4.78, 5) is 14.0. The van der Waals surface area contributed by atoms with Crippen LogP contribution in [-0.2, 0) is 28.0 Å². The van der Waals surface area contributed by atoms with E-state index >= 15 is 0 Å². The summed E-state index contributed by atoms with van der Waals surface area (Å²) in [5, 5.41) is 0. The summed E-state index contributed by atoms with van der Waals surface area (Å²) >= 11 is 0. The molecule has 0 radical (unpaired) electrons. The summed E-state index contributed by atoms with van der Waals surface area (Å²) < 4.78 is 32.7. The Hall–Kier alpha value is -2.28. The predicted molar refractivity (Wildman–Crippen MR) is 89.8 cm³/mol. The summed E-state index contributed by atoms with van der Waals surface area (Å²) in [6, 6.07) is 10.3. The molecule has 6 nitrogen and oxygen atoms in total. The second-order valence-electron chi connectivity index (χ2n) is 5.51. The number of rotatable bonds is 8. The lowest BCUT2D eigenvalue weighted by atomic mass is 10.2. The van der Waals surface area contributed by atoms with Crippen LogP contribution in [0.3, 0.4) is 0 Å². The lowest BCUT2D eigenvalue weighted by Gasteiger charge is -2.22. The molecule has 0 spiro atoms. The number of hydrogen-bond acceptors (Lipinski definition) is 5. The van der Waals surface area contributed by atoms with Gasteiger partial charge in [-0.05, 0) is 36.2 Å². The average molecular weight is 351 g/mol. The third-order valence-electron chi connectivity index (χ3n) is 3.26. The minimum absolute atomic E-state index is 0.0170. The fourth-order valence-electron chi connectivity index (χ4n) is 2.29. The normalized spacial score (nSPS) is 11.2. The van der Waals surface area contributed by atoms with E-state index in [1.54, 1.807) is 35.4 Å². The lowest BCUT2D eigenvalue weighted by Crippen LogP contribution is -2.29. The average Bonchev–Trinajstić information content (AvgIpc) is 2.98. The van der Waals surface area contributed by atoms with Gasteiger partial charge in [0.1, 0.15) is 11.5 Å². The molecule has 0 fully saturated rings. The van der Waals surface area contributed by atoms with E-state index in [0.717, 1.165) is 18.2 Å². The lowest BCUT2D eigenvalue weighted by molar-refractivity contribution is -0.132. The molecular weight excluding hydrogens is 330 g/mol. The molecule has 0 saturated heterocycles. The predicted octanol–water partition coefficient (Wildman–Crippen LogP) is 2.95. The van der Waals surface area contributed by atoms with Gasteiger partial charge in [-0.1, -0.05) is 19.1 Å². The van der Waals surface area contributed by atoms with E-state index in [4.69, 9.17) is 8.60 Å². The first-order valence-corrected chi connectivity index (χ1v) is 9.47. The van der Waals surface area contributed by atoms with Crippen molar-refractivity contribution in [2.75, 3.05) is 6.26 Å². The molecule has 1 aromatic carbocycles. The van der Waals surface area contributed by atoms with Crippen LogP contribution in [0.1, 0.15) is 31.1 Å². The first-order chi connectivity index (χ1) is 11.4. The Labute approximate surface area is 142 Å². The van der Waals surface area contributed by atoms with Crippen LogP contribution < -0.4 is 4.18 Å². The highest BCUT2D eigenvalue weighted by Crippen LogP contribution is 2.18. The number of nitrogens with zero attached hydrogens (tertiary/aromatic N) is 1. The zero-order chi connectivity index (χ0) is 17.6. The molecule has 0 aliphatic rings. The highest BCUT2D eigenvalue weighted by Gasteiger charge is 2.16. The van der Waals surface area contributed by atoms with Gasteiger partial charge in [0.05, 0.1) is 19.1 Å². The molecule has 0 aliphatic carbocycles. The Morgan fingerprint density at radius 1 is 1.21 bits per heavy atom. The number of hydrogen-bond donors (Lipinski definition) is 0. The van der Waals surface area contributed by atoms with Crippen LogP contribution in [0.25, 0.3) is 0 Å². The number of furan rings is 1. The van der Waals surface area contributed by atoms with Crippen LogP contribution in [0.15, 0.2) is 47.1 Å². The molecule has 2 aromatic rings. The van der Waals surface area contributed by atoms with Gasteiger partial charge in [0, 0.05) is 13.0 Å². The number of benzene rings is 1. The van der Waals surface area contributed by atoms with Gasteiger partial charge in [0.2, 0.25) is 5.91 Å². The van der Waals surface area contributed by atoms with Gasteiger partial charge >= 0.3 is 10.1 Å². The van der Waals surface area contributed by atoms with E-state index in [9.17, 15) is 13.2 Å². The smallest absolute Gasteiger partial charge is 0.306 e. The monoisotopic (exact) mass is 351 g/mol. The molecule has 2 rings (SSSR count). The fraction of sp³-hybridized carbons (Fsp3) is 0.353. The molecule has 1 amide bonds. The van der Waals surface area contributed by atoms with Gasteiger partial charge in [-0.3, -0.25) is 4.79 Å². The molecule has 1 aromatic heterocycles. The number of carbonyl (C=O) groups is 1. The van der Waals surface area contributed by atoms with Crippen LogP contribution in [0.2, 0.25) is 0 Å². The molecule has 0 atom stereocenters. The maximum atomic E-state index is 12.3. The van der Waals surface area contributed by atoms with E-state index in [-0.39, 0.29) is 11.7 Å². The summed E-state index contributed by atoms with van der Waals surface area (Å²) in [6.45, 7) is 2.66. The Balaban J connectivity index is 2.16. The second kappa shape index (κ2) is 8.01. The van der Waals surface area contributed by atoms with Gasteiger partial charge in [-0.15, -0.1) is 0 Å². The minimum atomic E-state index is -3.58. The molecule has 0 unspecified atom stereocenters. The van der Waals surface area contributed by atoms with Crippen LogP contribution >= 0.6 is 0 Å². The molecule has 7 heteroatoms. The molecule has 130 valence electrons. The summed E-state index contributed by atoms with van der Waals surface area (Å²) in [7, 11) is -3.58. The van der Waals surface area contributed by atoms with Gasteiger partial charge < -0.3 is 13.5 Å². The highest BCUT2D eigenvalue weighted by atomic mass is 32.2. The van der Waals surface area contributed by atoms with E-state index < -0.39 is 10.1 Å². The van der Waals surface area contributed by atoms with E-state index in [0.29, 0.717) is 25.3 Å². The molecule has 1 heterocycles. The van der Waals surface area contributed by atoms with Gasteiger partial charge in [-0.2, -0.15) is 8.42 Å². The Morgan fingerprint density at radius 2 is 2.00 bits per heavy atom. The van der Waals surface area contributed by atoms with Crippen LogP contribution in [0.5, 0.6) is 5.75 Å². The third kappa shape index (κ3) is 5.73. The second-order valence-corrected chi connectivity index (χ2v) is 7.09. The molecular formula is C17H21NO5S. The molecule has 0 bridgehead atoms. The highest BCUT2D eigenvalue weighted by molar-refractivity contribution is 7.86. The maximum absolute atomic E-state index is 12.3. The van der Waals surface area contributed by atoms with Gasteiger partial charge in [0.15, 0.2) is 0 Å². The SMILES string of the molecule is CCCC(=O)N(Cc1cccc(OS(C)(=O)=O)c1)Cc1ccco1. The van der Waals surface area contributed by atoms with Crippen molar-refractivity contribution >= 4 is 16.0 Å². The van der Waals surface area contributed by atoms with E-state index in [1.165, 1.54) is 0 Å². The Morgan fingerprint density at radius 3 is 2.62 bits per heavy atom. The molecule has 24 heavy (non-hydrogen) atoms. The standard InChI is InChI=1S/C17H21NO5S/c1-3-6-17(19)18(13-16-9-5-10-22-16)12-14-7-4-8-15(11-14)23-24(2,20)21/h4-5,7-11H,3,6,12-13H2,1-2H3. The maximum Gasteiger partial charge on any atom is 0.306 e. The zero-order valence-corrected chi connectivity index (χ0v) is 14.6. The van der Waals surface area contributed by atoms with Crippen molar-refractivity contribution in [2.45, 2.75) is 32.9 Å². The zero-order valence-electron chi connectivity index (χ0n) is 13.8. The van der Waals surface area contributed by atoms with Gasteiger partial charge in [-0.25, -0.2) is 0 Å². The molecule has 0 N–H and O–H groups in total. The number of carbonyl (C=O) groups excluding carboxylic acids is 1. The Bertz CT molecular complexity index is 768. The van der Waals surface area contributed by atoms with Crippen molar-refractivity contribution in [1.82, 2.24) is 4.90 Å². The first-order valence-electron chi connectivity index (χ1n) is 7.66. The van der Waals surface area contributed by atoms with Crippen molar-refractivity contribution in [3.8, 4) is 5.75 Å². The minimum Gasteiger partial charge on any atom is -0.467 e. The van der Waals surface area contributed by atoms with Gasteiger partial charge in [0.25, 0.3) is 0 Å². The van der Waals surface area contributed by atoms with Crippen molar-refractivity contribution in [3.63, 3.8) is 0 Å². The van der Waals surface area contributed by atoms with Crippen LogP contribution in [0, 0.1) is 0 Å². The van der Waals surface area contributed by atoms with Crippen molar-refractivity contribution < 1.29 is 21.8 Å². The van der Waals surface area contributed by atoms with E-state index in [1.807, 2.05) is 19.1 Å². The summed E-state index contributed by atoms with van der Waals surface area (Å²) in [5.41, 5.74) is 0.784. The summed E-state index contributed by atoms with van der Waals surface area (Å²) in [5.74, 6) is 0.946. The van der Waals surface area contributed by atoms with E-state index in [2.05, 4.69) is 0 Å². The van der Waals surface area contributed by atoms with Crippen molar-refractivity contribution in [3.05, 3.63) is 54.0 Å². The van der Waals surface area contributed by atoms with Crippen molar-refractivity contribution in [1.29, 1.82) is 0 Å². The molecule has 0 saturated carbocycles. The third-order valence-corrected chi connectivity index (χ3v) is 3.76. The number of amides is 1. The Kier molecular flexibility index (Phi) is 6.03. The quantitative estimate of drug-likeness (QED) is 0.683. The first kappa shape index (κ1) is 18.1. The molecule has 0 aliphatic heterocycles. The van der Waals surface area contributed by atoms with Crippen molar-refractivity contribution in [2.24, 2.45) is 0 Å². The largest absolute Gasteiger partial charge is 0.467 e. The van der Waals surface area contributed by atoms with Crippen LogP contribution in [0.4, 0.5) is 0 Å². The van der Waals surface area contributed by atoms with Crippen LogP contribution in [-0.4, -0.2) is 25.5 Å².